The summed E-state index contributed by atoms with van der Waals surface area (Å²) < 4.78 is 5.55. The van der Waals surface area contributed by atoms with E-state index in [-0.39, 0.29) is 12.0 Å². The first kappa shape index (κ1) is 14.9. The van der Waals surface area contributed by atoms with Crippen LogP contribution in [0.1, 0.15) is 38.2 Å². The summed E-state index contributed by atoms with van der Waals surface area (Å²) in [5, 5.41) is 0. The predicted molar refractivity (Wildman–Crippen MR) is 80.2 cm³/mol. The summed E-state index contributed by atoms with van der Waals surface area (Å²) in [6.07, 6.45) is 3.67. The average Bonchev–Trinajstić information content (AvgIpc) is 2.93. The molecule has 0 radical (unpaired) electrons. The maximum atomic E-state index is 12.4. The van der Waals surface area contributed by atoms with Gasteiger partial charge in [0.05, 0.1) is 12.5 Å². The number of benzene rings is 1. The van der Waals surface area contributed by atoms with Crippen LogP contribution in [0.2, 0.25) is 0 Å². The van der Waals surface area contributed by atoms with Crippen LogP contribution in [0, 0.1) is 0 Å². The van der Waals surface area contributed by atoms with Crippen molar-refractivity contribution in [2.24, 2.45) is 0 Å². The zero-order valence-electron chi connectivity index (χ0n) is 12.2. The molecule has 20 heavy (non-hydrogen) atoms. The molecule has 1 aliphatic heterocycles. The molecule has 1 saturated heterocycles. The number of nitrogens with two attached hydrogens (primary N) is 1. The van der Waals surface area contributed by atoms with Crippen molar-refractivity contribution in [3.8, 4) is 0 Å². The van der Waals surface area contributed by atoms with Gasteiger partial charge >= 0.3 is 0 Å². The van der Waals surface area contributed by atoms with Crippen molar-refractivity contribution < 1.29 is 9.53 Å². The van der Waals surface area contributed by atoms with E-state index < -0.39 is 0 Å². The first-order valence-electron chi connectivity index (χ1n) is 7.43. The number of hydrogen-bond donors (Lipinski definition) is 1. The highest BCUT2D eigenvalue weighted by atomic mass is 16.5. The molecule has 2 N–H and O–H groups in total. The molecule has 1 atom stereocenters. The van der Waals surface area contributed by atoms with Crippen molar-refractivity contribution in [1.82, 2.24) is 4.90 Å². The van der Waals surface area contributed by atoms with Crippen LogP contribution in [0.4, 0.5) is 5.69 Å². The lowest BCUT2D eigenvalue weighted by Gasteiger charge is -2.23. The molecule has 1 heterocycles. The molecule has 0 saturated carbocycles. The summed E-state index contributed by atoms with van der Waals surface area (Å²) in [5.74, 6) is 0.190. The van der Waals surface area contributed by atoms with Gasteiger partial charge < -0.3 is 15.4 Å². The quantitative estimate of drug-likeness (QED) is 0.812. The van der Waals surface area contributed by atoms with E-state index >= 15 is 0 Å². The lowest BCUT2D eigenvalue weighted by atomic mass is 10.1. The third-order valence-corrected chi connectivity index (χ3v) is 3.63. The second-order valence-corrected chi connectivity index (χ2v) is 5.40. The lowest BCUT2D eigenvalue weighted by Crippen LogP contribution is -2.33. The highest BCUT2D eigenvalue weighted by Gasteiger charge is 2.22. The maximum Gasteiger partial charge on any atom is 0.225 e. The molecule has 1 aliphatic rings. The third-order valence-electron chi connectivity index (χ3n) is 3.63. The molecule has 1 unspecified atom stereocenters. The van der Waals surface area contributed by atoms with E-state index in [4.69, 9.17) is 10.5 Å². The Hall–Kier alpha value is -1.55. The molecule has 1 aromatic rings. The van der Waals surface area contributed by atoms with Gasteiger partial charge in [0.15, 0.2) is 0 Å². The van der Waals surface area contributed by atoms with Gasteiger partial charge in [-0.05, 0) is 37.0 Å². The number of amides is 1. The molecule has 1 amide bonds. The first-order chi connectivity index (χ1) is 9.69. The Bertz CT molecular complexity index is 425. The Kier molecular flexibility index (Phi) is 5.41. The van der Waals surface area contributed by atoms with E-state index in [1.807, 2.05) is 29.2 Å². The number of nitrogen functional groups attached to an aromatic ring is 1. The second kappa shape index (κ2) is 7.29. The molecule has 4 heteroatoms. The van der Waals surface area contributed by atoms with E-state index in [1.54, 1.807) is 0 Å². The fourth-order valence-corrected chi connectivity index (χ4v) is 2.53. The van der Waals surface area contributed by atoms with Gasteiger partial charge in [0.25, 0.3) is 0 Å². The fourth-order valence-electron chi connectivity index (χ4n) is 2.53. The molecule has 2 rings (SSSR count). The average molecular weight is 276 g/mol. The van der Waals surface area contributed by atoms with Crippen molar-refractivity contribution in [2.75, 3.05) is 18.9 Å². The molecule has 110 valence electrons. The largest absolute Gasteiger partial charge is 0.399 e. The number of carbonyl (C=O) groups is 1. The van der Waals surface area contributed by atoms with Crippen molar-refractivity contribution in [2.45, 2.75) is 45.3 Å². The van der Waals surface area contributed by atoms with E-state index in [2.05, 4.69) is 6.92 Å². The van der Waals surface area contributed by atoms with Crippen LogP contribution in [-0.4, -0.2) is 30.1 Å². The van der Waals surface area contributed by atoms with Crippen molar-refractivity contribution in [3.63, 3.8) is 0 Å². The van der Waals surface area contributed by atoms with Gasteiger partial charge in [0, 0.05) is 25.4 Å². The molecule has 0 spiro atoms. The van der Waals surface area contributed by atoms with Crippen LogP contribution in [0.3, 0.4) is 0 Å². The van der Waals surface area contributed by atoms with Gasteiger partial charge in [-0.3, -0.25) is 4.79 Å². The summed E-state index contributed by atoms with van der Waals surface area (Å²) in [7, 11) is 0. The summed E-state index contributed by atoms with van der Waals surface area (Å²) in [6, 6.07) is 7.72. The topological polar surface area (TPSA) is 55.6 Å². The lowest BCUT2D eigenvalue weighted by molar-refractivity contribution is -0.134. The summed E-state index contributed by atoms with van der Waals surface area (Å²) >= 11 is 0. The Morgan fingerprint density at radius 3 is 2.75 bits per heavy atom. The summed E-state index contributed by atoms with van der Waals surface area (Å²) in [5.41, 5.74) is 7.56. The van der Waals surface area contributed by atoms with Crippen LogP contribution in [0.25, 0.3) is 0 Å². The van der Waals surface area contributed by atoms with Gasteiger partial charge in [-0.25, -0.2) is 0 Å². The third kappa shape index (κ3) is 4.23. The van der Waals surface area contributed by atoms with Crippen molar-refractivity contribution in [3.05, 3.63) is 29.8 Å². The van der Waals surface area contributed by atoms with Gasteiger partial charge in [0.2, 0.25) is 5.91 Å². The first-order valence-corrected chi connectivity index (χ1v) is 7.43. The van der Waals surface area contributed by atoms with E-state index in [0.717, 1.165) is 43.7 Å². The molecule has 0 aromatic heterocycles. The van der Waals surface area contributed by atoms with E-state index in [1.165, 1.54) is 0 Å². The van der Waals surface area contributed by atoms with Crippen molar-refractivity contribution >= 4 is 11.6 Å². The molecular formula is C16H24N2O2. The zero-order chi connectivity index (χ0) is 14.4. The number of rotatable bonds is 6. The van der Waals surface area contributed by atoms with Crippen LogP contribution < -0.4 is 5.73 Å². The minimum atomic E-state index is 0.119. The molecule has 1 fully saturated rings. The van der Waals surface area contributed by atoms with Gasteiger partial charge in [-0.1, -0.05) is 19.1 Å². The minimum absolute atomic E-state index is 0.119. The summed E-state index contributed by atoms with van der Waals surface area (Å²) in [6.45, 7) is 4.33. The predicted octanol–water partition coefficient (Wildman–Crippen LogP) is 2.58. The van der Waals surface area contributed by atoms with Crippen LogP contribution >= 0.6 is 0 Å². The molecular weight excluding hydrogens is 252 g/mol. The fraction of sp³-hybridized carbons (Fsp3) is 0.562. The Balaban J connectivity index is 1.94. The smallest absolute Gasteiger partial charge is 0.225 e. The normalized spacial score (nSPS) is 18.1. The molecule has 1 aromatic carbocycles. The zero-order valence-corrected chi connectivity index (χ0v) is 12.2. The minimum Gasteiger partial charge on any atom is -0.399 e. The maximum absolute atomic E-state index is 12.4. The number of ether oxygens (including phenoxy) is 1. The van der Waals surface area contributed by atoms with Crippen LogP contribution in [0.5, 0.6) is 0 Å². The number of hydrogen-bond acceptors (Lipinski definition) is 3. The Morgan fingerprint density at radius 1 is 1.40 bits per heavy atom. The molecule has 0 aliphatic carbocycles. The molecule has 4 nitrogen and oxygen atoms in total. The summed E-state index contributed by atoms with van der Waals surface area (Å²) in [4.78, 5) is 14.3. The van der Waals surface area contributed by atoms with Crippen LogP contribution in [0.15, 0.2) is 24.3 Å². The van der Waals surface area contributed by atoms with Crippen LogP contribution in [-0.2, 0) is 16.1 Å². The monoisotopic (exact) mass is 276 g/mol. The highest BCUT2D eigenvalue weighted by Crippen LogP contribution is 2.18. The van der Waals surface area contributed by atoms with Gasteiger partial charge in [0.1, 0.15) is 0 Å². The highest BCUT2D eigenvalue weighted by molar-refractivity contribution is 5.76. The number of anilines is 1. The van der Waals surface area contributed by atoms with Crippen molar-refractivity contribution in [1.29, 1.82) is 0 Å². The van der Waals surface area contributed by atoms with E-state index in [0.29, 0.717) is 13.0 Å². The number of nitrogens with zero attached hydrogens (tertiary/aromatic N) is 1. The second-order valence-electron chi connectivity index (χ2n) is 5.40. The standard InChI is InChI=1S/C16H24N2O2/c1-2-9-18(12-13-5-7-14(17)8-6-13)16(19)11-15-4-3-10-20-15/h5-8,15H,2-4,9-12,17H2,1H3. The molecule has 0 bridgehead atoms. The van der Waals surface area contributed by atoms with E-state index in [9.17, 15) is 4.79 Å². The van der Waals surface area contributed by atoms with Gasteiger partial charge in [-0.2, -0.15) is 0 Å². The Labute approximate surface area is 120 Å². The number of carbonyl (C=O) groups excluding carboxylic acids is 1. The SMILES string of the molecule is CCCN(Cc1ccc(N)cc1)C(=O)CC1CCCO1. The van der Waals surface area contributed by atoms with Gasteiger partial charge in [-0.15, -0.1) is 0 Å². The Morgan fingerprint density at radius 2 is 2.15 bits per heavy atom.